The van der Waals surface area contributed by atoms with E-state index < -0.39 is 11.7 Å². The molecule has 3 aromatic carbocycles. The highest BCUT2D eigenvalue weighted by Gasteiger charge is 2.11. The molecule has 3 aromatic rings. The molecule has 31 heavy (non-hydrogen) atoms. The maximum Gasteiger partial charge on any atom is 0.262 e. The van der Waals surface area contributed by atoms with Crippen LogP contribution in [0, 0.1) is 19.7 Å². The summed E-state index contributed by atoms with van der Waals surface area (Å²) in [6.45, 7) is 6.89. The highest BCUT2D eigenvalue weighted by Crippen LogP contribution is 2.29. The van der Waals surface area contributed by atoms with E-state index in [4.69, 9.17) is 9.47 Å². The lowest BCUT2D eigenvalue weighted by atomic mass is 10.1. The molecule has 0 atom stereocenters. The zero-order valence-electron chi connectivity index (χ0n) is 18.0. The van der Waals surface area contributed by atoms with Gasteiger partial charge in [-0.25, -0.2) is 4.39 Å². The van der Waals surface area contributed by atoms with E-state index >= 15 is 0 Å². The van der Waals surface area contributed by atoms with E-state index in [0.717, 1.165) is 11.3 Å². The molecule has 0 aliphatic heterocycles. The van der Waals surface area contributed by atoms with Crippen molar-refractivity contribution < 1.29 is 18.7 Å². The number of benzene rings is 3. The Morgan fingerprint density at radius 3 is 2.48 bits per heavy atom. The lowest BCUT2D eigenvalue weighted by Gasteiger charge is -2.14. The van der Waals surface area contributed by atoms with Gasteiger partial charge in [0.2, 0.25) is 0 Å². The van der Waals surface area contributed by atoms with Gasteiger partial charge in [0.1, 0.15) is 5.82 Å². The number of aryl methyl sites for hydroxylation is 2. The van der Waals surface area contributed by atoms with E-state index in [1.165, 1.54) is 23.3 Å². The molecule has 0 fully saturated rings. The Kier molecular flexibility index (Phi) is 7.49. The molecule has 0 aromatic heterocycles. The molecule has 162 valence electrons. The molecular formula is C25H27FN2O3. The van der Waals surface area contributed by atoms with Gasteiger partial charge in [-0.2, -0.15) is 0 Å². The zero-order chi connectivity index (χ0) is 22.2. The van der Waals surface area contributed by atoms with E-state index in [0.29, 0.717) is 24.7 Å². The third-order valence-corrected chi connectivity index (χ3v) is 4.82. The molecule has 5 nitrogen and oxygen atoms in total. The van der Waals surface area contributed by atoms with Crippen molar-refractivity contribution in [1.82, 2.24) is 0 Å². The molecule has 0 aliphatic rings. The third-order valence-electron chi connectivity index (χ3n) is 4.82. The first-order valence-corrected chi connectivity index (χ1v) is 10.2. The highest BCUT2D eigenvalue weighted by atomic mass is 19.1. The Balaban J connectivity index is 1.62. The molecule has 0 spiro atoms. The van der Waals surface area contributed by atoms with Crippen molar-refractivity contribution in [2.75, 3.05) is 23.8 Å². The predicted molar refractivity (Wildman–Crippen MR) is 121 cm³/mol. The van der Waals surface area contributed by atoms with Gasteiger partial charge in [-0.1, -0.05) is 24.3 Å². The molecule has 0 unspecified atom stereocenters. The summed E-state index contributed by atoms with van der Waals surface area (Å²) in [6.07, 6.45) is 0. The smallest absolute Gasteiger partial charge is 0.262 e. The second-order valence-corrected chi connectivity index (χ2v) is 7.18. The van der Waals surface area contributed by atoms with E-state index in [9.17, 15) is 9.18 Å². The summed E-state index contributed by atoms with van der Waals surface area (Å²) in [5.74, 6) is 0.0700. The highest BCUT2D eigenvalue weighted by molar-refractivity contribution is 5.92. The van der Waals surface area contributed by atoms with E-state index in [2.05, 4.69) is 42.7 Å². The molecule has 0 saturated carbocycles. The Labute approximate surface area is 182 Å². The van der Waals surface area contributed by atoms with Crippen LogP contribution in [0.4, 0.5) is 15.8 Å². The number of carbonyl (C=O) groups excluding carboxylic acids is 1. The van der Waals surface area contributed by atoms with Crippen LogP contribution in [0.5, 0.6) is 11.5 Å². The SMILES string of the molecule is CCOc1cc(CNc2ccc(C)c(C)c2)ccc1OCC(=O)Nc1ccccc1F. The summed E-state index contributed by atoms with van der Waals surface area (Å²) in [6, 6.07) is 17.8. The summed E-state index contributed by atoms with van der Waals surface area (Å²) in [7, 11) is 0. The van der Waals surface area contributed by atoms with Gasteiger partial charge in [0.15, 0.2) is 18.1 Å². The average molecular weight is 423 g/mol. The molecule has 0 aliphatic carbocycles. The molecule has 0 radical (unpaired) electrons. The van der Waals surface area contributed by atoms with Crippen molar-refractivity contribution in [3.05, 3.63) is 83.2 Å². The summed E-state index contributed by atoms with van der Waals surface area (Å²) >= 11 is 0. The molecule has 1 amide bonds. The second kappa shape index (κ2) is 10.5. The van der Waals surface area contributed by atoms with Gasteiger partial charge in [0.05, 0.1) is 12.3 Å². The van der Waals surface area contributed by atoms with Crippen molar-refractivity contribution in [2.24, 2.45) is 0 Å². The molecule has 6 heteroatoms. The second-order valence-electron chi connectivity index (χ2n) is 7.18. The summed E-state index contributed by atoms with van der Waals surface area (Å²) in [5.41, 5.74) is 4.67. The average Bonchev–Trinajstić information content (AvgIpc) is 2.76. The predicted octanol–water partition coefficient (Wildman–Crippen LogP) is 5.47. The third kappa shape index (κ3) is 6.22. The van der Waals surface area contributed by atoms with Crippen molar-refractivity contribution in [1.29, 1.82) is 0 Å². The van der Waals surface area contributed by atoms with Gasteiger partial charge in [-0.05, 0) is 73.9 Å². The maximum absolute atomic E-state index is 13.7. The van der Waals surface area contributed by atoms with Gasteiger partial charge >= 0.3 is 0 Å². The summed E-state index contributed by atoms with van der Waals surface area (Å²) in [5, 5.41) is 5.91. The number of hydrogen-bond acceptors (Lipinski definition) is 4. The summed E-state index contributed by atoms with van der Waals surface area (Å²) < 4.78 is 25.0. The topological polar surface area (TPSA) is 59.6 Å². The maximum atomic E-state index is 13.7. The van der Waals surface area contributed by atoms with Crippen LogP contribution < -0.4 is 20.1 Å². The number of nitrogens with one attached hydrogen (secondary N) is 2. The fraction of sp³-hybridized carbons (Fsp3) is 0.240. The minimum atomic E-state index is -0.494. The van der Waals surface area contributed by atoms with E-state index in [-0.39, 0.29) is 12.3 Å². The van der Waals surface area contributed by atoms with Crippen LogP contribution in [0.3, 0.4) is 0 Å². The van der Waals surface area contributed by atoms with Crippen molar-refractivity contribution >= 4 is 17.3 Å². The van der Waals surface area contributed by atoms with E-state index in [1.807, 2.05) is 19.1 Å². The van der Waals surface area contributed by atoms with Crippen LogP contribution in [-0.4, -0.2) is 19.1 Å². The number of amides is 1. The van der Waals surface area contributed by atoms with Gasteiger partial charge in [0, 0.05) is 12.2 Å². The molecule has 2 N–H and O–H groups in total. The fourth-order valence-corrected chi connectivity index (χ4v) is 3.00. The van der Waals surface area contributed by atoms with E-state index in [1.54, 1.807) is 18.2 Å². The Hall–Kier alpha value is -3.54. The van der Waals surface area contributed by atoms with Crippen molar-refractivity contribution in [2.45, 2.75) is 27.3 Å². The van der Waals surface area contributed by atoms with Crippen LogP contribution >= 0.6 is 0 Å². The standard InChI is InChI=1S/C25H27FN2O3/c1-4-30-24-14-19(15-27-20-11-9-17(2)18(3)13-20)10-12-23(24)31-16-25(29)28-22-8-6-5-7-21(22)26/h5-14,27H,4,15-16H2,1-3H3,(H,28,29). The number of carbonyl (C=O) groups is 1. The Morgan fingerprint density at radius 1 is 0.935 bits per heavy atom. The number of halogens is 1. The molecule has 3 rings (SSSR count). The number of hydrogen-bond donors (Lipinski definition) is 2. The van der Waals surface area contributed by atoms with Gasteiger partial charge < -0.3 is 20.1 Å². The Morgan fingerprint density at radius 2 is 1.74 bits per heavy atom. The molecule has 0 heterocycles. The number of rotatable bonds is 9. The Bertz CT molecular complexity index is 1050. The quantitative estimate of drug-likeness (QED) is 0.480. The number of ether oxygens (including phenoxy) is 2. The number of anilines is 2. The largest absolute Gasteiger partial charge is 0.490 e. The lowest BCUT2D eigenvalue weighted by molar-refractivity contribution is -0.118. The fourth-order valence-electron chi connectivity index (χ4n) is 3.00. The monoisotopic (exact) mass is 422 g/mol. The van der Waals surface area contributed by atoms with Gasteiger partial charge in [-0.15, -0.1) is 0 Å². The zero-order valence-corrected chi connectivity index (χ0v) is 18.0. The first-order valence-electron chi connectivity index (χ1n) is 10.2. The van der Waals surface area contributed by atoms with Crippen LogP contribution in [0.2, 0.25) is 0 Å². The molecule has 0 bridgehead atoms. The van der Waals surface area contributed by atoms with Crippen molar-refractivity contribution in [3.63, 3.8) is 0 Å². The lowest BCUT2D eigenvalue weighted by Crippen LogP contribution is -2.21. The minimum absolute atomic E-state index is 0.119. The van der Waals surface area contributed by atoms with Gasteiger partial charge in [-0.3, -0.25) is 4.79 Å². The van der Waals surface area contributed by atoms with Crippen LogP contribution in [0.15, 0.2) is 60.7 Å². The van der Waals surface area contributed by atoms with Crippen molar-refractivity contribution in [3.8, 4) is 11.5 Å². The minimum Gasteiger partial charge on any atom is -0.490 e. The molecular weight excluding hydrogens is 395 g/mol. The van der Waals surface area contributed by atoms with Crippen LogP contribution in [0.1, 0.15) is 23.6 Å². The normalized spacial score (nSPS) is 10.5. The first-order chi connectivity index (χ1) is 15.0. The summed E-state index contributed by atoms with van der Waals surface area (Å²) in [4.78, 5) is 12.1. The van der Waals surface area contributed by atoms with Crippen LogP contribution in [-0.2, 0) is 11.3 Å². The van der Waals surface area contributed by atoms with Crippen LogP contribution in [0.25, 0.3) is 0 Å². The number of para-hydroxylation sites is 1. The first kappa shape index (κ1) is 22.2. The van der Waals surface area contributed by atoms with Gasteiger partial charge in [0.25, 0.3) is 5.91 Å². The molecule has 0 saturated heterocycles.